The Hall–Kier alpha value is -1.44. The molecule has 0 aliphatic carbocycles. The quantitative estimate of drug-likeness (QED) is 0.889. The van der Waals surface area contributed by atoms with E-state index in [2.05, 4.69) is 4.98 Å². The minimum atomic E-state index is -3.32. The first-order valence-electron chi connectivity index (χ1n) is 5.76. The fourth-order valence-corrected chi connectivity index (χ4v) is 2.92. The Morgan fingerprint density at radius 2 is 2.16 bits per heavy atom. The van der Waals surface area contributed by atoms with Gasteiger partial charge in [-0.05, 0) is 12.1 Å². The number of para-hydroxylation sites is 1. The largest absolute Gasteiger partial charge is 0.383 e. The monoisotopic (exact) mass is 283 g/mol. The van der Waals surface area contributed by atoms with E-state index < -0.39 is 15.9 Å². The fourth-order valence-electron chi connectivity index (χ4n) is 2.09. The van der Waals surface area contributed by atoms with Crippen LogP contribution in [-0.2, 0) is 21.6 Å². The van der Waals surface area contributed by atoms with Crippen LogP contribution < -0.4 is 5.73 Å². The maximum atomic E-state index is 11.8. The molecule has 2 N–H and O–H groups in total. The second kappa shape index (κ2) is 4.92. The molecular formula is C12H17N3O3S. The number of rotatable bonds is 4. The van der Waals surface area contributed by atoms with Gasteiger partial charge in [-0.2, -0.15) is 0 Å². The van der Waals surface area contributed by atoms with Crippen LogP contribution in [0.5, 0.6) is 0 Å². The molecule has 1 aromatic carbocycles. The number of aryl methyl sites for hydroxylation is 1. The van der Waals surface area contributed by atoms with Crippen LogP contribution in [0.4, 0.5) is 0 Å². The molecule has 0 amide bonds. The van der Waals surface area contributed by atoms with Crippen molar-refractivity contribution in [3.8, 4) is 0 Å². The Labute approximate surface area is 112 Å². The summed E-state index contributed by atoms with van der Waals surface area (Å²) in [5.74, 6) is 0.605. The lowest BCUT2D eigenvalue weighted by Crippen LogP contribution is -2.20. The number of benzene rings is 1. The maximum Gasteiger partial charge on any atom is 0.177 e. The Morgan fingerprint density at radius 3 is 2.74 bits per heavy atom. The number of hydrogen-bond acceptors (Lipinski definition) is 5. The molecule has 0 bridgehead atoms. The molecule has 7 heteroatoms. The number of sulfone groups is 1. The van der Waals surface area contributed by atoms with Gasteiger partial charge in [-0.15, -0.1) is 0 Å². The molecule has 104 valence electrons. The van der Waals surface area contributed by atoms with E-state index in [1.807, 2.05) is 13.1 Å². The van der Waals surface area contributed by atoms with Crippen LogP contribution in [0.3, 0.4) is 0 Å². The van der Waals surface area contributed by atoms with E-state index in [0.717, 1.165) is 5.52 Å². The molecule has 1 unspecified atom stereocenters. The lowest BCUT2D eigenvalue weighted by Gasteiger charge is -2.09. The minimum Gasteiger partial charge on any atom is -0.383 e. The number of imidazole rings is 1. The van der Waals surface area contributed by atoms with E-state index in [1.54, 1.807) is 23.8 Å². The summed E-state index contributed by atoms with van der Waals surface area (Å²) >= 11 is 0. The molecule has 2 aromatic rings. The predicted octanol–water partition coefficient (Wildman–Crippen LogP) is 0.623. The van der Waals surface area contributed by atoms with Crippen LogP contribution >= 0.6 is 0 Å². The van der Waals surface area contributed by atoms with E-state index in [-0.39, 0.29) is 4.90 Å². The third kappa shape index (κ3) is 2.49. The van der Waals surface area contributed by atoms with E-state index in [9.17, 15) is 8.42 Å². The number of aromatic nitrogens is 2. The van der Waals surface area contributed by atoms with Crippen LogP contribution in [0.25, 0.3) is 11.0 Å². The van der Waals surface area contributed by atoms with Gasteiger partial charge >= 0.3 is 0 Å². The van der Waals surface area contributed by atoms with Gasteiger partial charge in [0.25, 0.3) is 0 Å². The van der Waals surface area contributed by atoms with Gasteiger partial charge in [-0.3, -0.25) is 0 Å². The highest BCUT2D eigenvalue weighted by molar-refractivity contribution is 7.91. The summed E-state index contributed by atoms with van der Waals surface area (Å²) in [5, 5.41) is 0. The zero-order valence-corrected chi connectivity index (χ0v) is 11.9. The van der Waals surface area contributed by atoms with Crippen LogP contribution in [0.15, 0.2) is 23.1 Å². The van der Waals surface area contributed by atoms with Crippen LogP contribution in [-0.4, -0.2) is 37.9 Å². The molecule has 1 heterocycles. The first kappa shape index (κ1) is 14.0. The molecule has 0 fully saturated rings. The highest BCUT2D eigenvalue weighted by Crippen LogP contribution is 2.24. The van der Waals surface area contributed by atoms with E-state index in [0.29, 0.717) is 17.9 Å². The zero-order chi connectivity index (χ0) is 14.2. The van der Waals surface area contributed by atoms with Gasteiger partial charge in [0.1, 0.15) is 11.3 Å². The Kier molecular flexibility index (Phi) is 3.62. The fraction of sp³-hybridized carbons (Fsp3) is 0.417. The van der Waals surface area contributed by atoms with Gasteiger partial charge < -0.3 is 15.0 Å². The molecule has 0 saturated heterocycles. The Morgan fingerprint density at radius 1 is 1.47 bits per heavy atom. The third-order valence-corrected chi connectivity index (χ3v) is 4.11. The number of nitrogens with two attached hydrogens (primary N) is 1. The number of nitrogens with zero attached hydrogens (tertiary/aromatic N) is 2. The van der Waals surface area contributed by atoms with Crippen molar-refractivity contribution in [3.63, 3.8) is 0 Å². The first-order valence-corrected chi connectivity index (χ1v) is 7.65. The highest BCUT2D eigenvalue weighted by atomic mass is 32.2. The van der Waals surface area contributed by atoms with Crippen molar-refractivity contribution >= 4 is 20.9 Å². The topological polar surface area (TPSA) is 87.2 Å². The van der Waals surface area contributed by atoms with Gasteiger partial charge in [-0.1, -0.05) is 6.07 Å². The zero-order valence-electron chi connectivity index (χ0n) is 11.1. The molecule has 6 nitrogen and oxygen atoms in total. The maximum absolute atomic E-state index is 11.8. The standard InChI is InChI=1S/C12H17N3O3S/c1-15-9-5-4-6-10(19(3,16)17)11(9)14-12(15)8(13)7-18-2/h4-6,8H,7,13H2,1-3H3. The molecular weight excluding hydrogens is 266 g/mol. The van der Waals surface area contributed by atoms with Crippen molar-refractivity contribution in [1.82, 2.24) is 9.55 Å². The van der Waals surface area contributed by atoms with Crippen molar-refractivity contribution in [2.45, 2.75) is 10.9 Å². The molecule has 0 radical (unpaired) electrons. The molecule has 1 atom stereocenters. The molecule has 0 spiro atoms. The molecule has 0 saturated carbocycles. The van der Waals surface area contributed by atoms with E-state index in [1.165, 1.54) is 6.26 Å². The van der Waals surface area contributed by atoms with Gasteiger partial charge in [0, 0.05) is 20.4 Å². The normalized spacial score (nSPS) is 13.9. The van der Waals surface area contributed by atoms with Crippen molar-refractivity contribution in [3.05, 3.63) is 24.0 Å². The number of hydrogen-bond donors (Lipinski definition) is 1. The summed E-state index contributed by atoms with van der Waals surface area (Å²) in [6.07, 6.45) is 1.17. The van der Waals surface area contributed by atoms with E-state index >= 15 is 0 Å². The molecule has 0 aliphatic rings. The summed E-state index contributed by atoms with van der Waals surface area (Å²) in [6.45, 7) is 0.325. The lowest BCUT2D eigenvalue weighted by atomic mass is 10.3. The minimum absolute atomic E-state index is 0.219. The second-order valence-corrected chi connectivity index (χ2v) is 6.47. The summed E-state index contributed by atoms with van der Waals surface area (Å²) in [6, 6.07) is 4.68. The van der Waals surface area contributed by atoms with Crippen LogP contribution in [0.1, 0.15) is 11.9 Å². The predicted molar refractivity (Wildman–Crippen MR) is 72.6 cm³/mol. The number of ether oxygens (including phenoxy) is 1. The average molecular weight is 283 g/mol. The van der Waals surface area contributed by atoms with Crippen molar-refractivity contribution in [1.29, 1.82) is 0 Å². The van der Waals surface area contributed by atoms with Crippen LogP contribution in [0, 0.1) is 0 Å². The summed E-state index contributed by atoms with van der Waals surface area (Å²) in [7, 11) is 0.0530. The number of fused-ring (bicyclic) bond motifs is 1. The molecule has 0 aliphatic heterocycles. The smallest absolute Gasteiger partial charge is 0.177 e. The van der Waals surface area contributed by atoms with Gasteiger partial charge in [0.05, 0.1) is 23.1 Å². The lowest BCUT2D eigenvalue weighted by molar-refractivity contribution is 0.177. The van der Waals surface area contributed by atoms with Gasteiger partial charge in [0.15, 0.2) is 9.84 Å². The van der Waals surface area contributed by atoms with Crippen molar-refractivity contribution in [2.24, 2.45) is 12.8 Å². The summed E-state index contributed by atoms with van der Waals surface area (Å²) < 4.78 is 30.3. The molecule has 19 heavy (non-hydrogen) atoms. The van der Waals surface area contributed by atoms with Gasteiger partial charge in [-0.25, -0.2) is 13.4 Å². The number of methoxy groups -OCH3 is 1. The first-order chi connectivity index (χ1) is 8.86. The van der Waals surface area contributed by atoms with Crippen molar-refractivity contribution < 1.29 is 13.2 Å². The molecule has 1 aromatic heterocycles. The summed E-state index contributed by atoms with van der Waals surface area (Å²) in [4.78, 5) is 4.59. The third-order valence-electron chi connectivity index (χ3n) is 2.99. The Bertz CT molecular complexity index is 706. The summed E-state index contributed by atoms with van der Waals surface area (Å²) in [5.41, 5.74) is 7.16. The van der Waals surface area contributed by atoms with Gasteiger partial charge in [0.2, 0.25) is 0 Å². The SMILES string of the molecule is COCC(N)c1nc2c(S(C)(=O)=O)cccc2n1C. The molecule has 2 rings (SSSR count). The van der Waals surface area contributed by atoms with Crippen molar-refractivity contribution in [2.75, 3.05) is 20.0 Å². The van der Waals surface area contributed by atoms with E-state index in [4.69, 9.17) is 10.5 Å². The Balaban J connectivity index is 2.70. The second-order valence-electron chi connectivity index (χ2n) is 4.49. The van der Waals surface area contributed by atoms with Crippen LogP contribution in [0.2, 0.25) is 0 Å². The highest BCUT2D eigenvalue weighted by Gasteiger charge is 2.20. The average Bonchev–Trinajstić information content (AvgIpc) is 2.66.